The second kappa shape index (κ2) is 6.96. The number of carbonyl (C=O) groups is 1. The van der Waals surface area contributed by atoms with Crippen LogP contribution in [0.25, 0.3) is 0 Å². The fraction of sp³-hybridized carbons (Fsp3) is 0.385. The molecule has 1 aromatic carbocycles. The van der Waals surface area contributed by atoms with Gasteiger partial charge in [0.15, 0.2) is 5.17 Å². The molecule has 0 bridgehead atoms. The van der Waals surface area contributed by atoms with Crippen LogP contribution in [0.2, 0.25) is 0 Å². The lowest BCUT2D eigenvalue weighted by molar-refractivity contribution is 0.0526. The molecule has 0 fully saturated rings. The second-order valence-electron chi connectivity index (χ2n) is 3.96. The van der Waals surface area contributed by atoms with Crippen molar-refractivity contribution in [3.05, 3.63) is 29.8 Å². The minimum atomic E-state index is -0.291. The molecule has 2 rings (SSSR count). The summed E-state index contributed by atoms with van der Waals surface area (Å²) in [6, 6.07) is 7.22. The van der Waals surface area contributed by atoms with Crippen molar-refractivity contribution < 1.29 is 9.53 Å². The zero-order valence-electron chi connectivity index (χ0n) is 10.6. The predicted octanol–water partition coefficient (Wildman–Crippen LogP) is 3.14. The Bertz CT molecular complexity index is 476. The molecule has 4 nitrogen and oxygen atoms in total. The summed E-state index contributed by atoms with van der Waals surface area (Å²) in [7, 11) is 0. The van der Waals surface area contributed by atoms with Gasteiger partial charge in [-0.15, -0.1) is 0 Å². The lowest BCUT2D eigenvalue weighted by atomic mass is 10.2. The van der Waals surface area contributed by atoms with Crippen LogP contribution in [0.4, 0.5) is 5.69 Å². The molecule has 19 heavy (non-hydrogen) atoms. The maximum atomic E-state index is 11.5. The Morgan fingerprint density at radius 1 is 1.53 bits per heavy atom. The van der Waals surface area contributed by atoms with Gasteiger partial charge in [0, 0.05) is 16.3 Å². The first-order valence-electron chi connectivity index (χ1n) is 6.04. The number of ether oxygens (including phenoxy) is 1. The van der Waals surface area contributed by atoms with Gasteiger partial charge in [-0.2, -0.15) is 0 Å². The molecule has 1 aliphatic rings. The van der Waals surface area contributed by atoms with Gasteiger partial charge >= 0.3 is 5.97 Å². The van der Waals surface area contributed by atoms with E-state index in [9.17, 15) is 4.79 Å². The number of benzene rings is 1. The highest BCUT2D eigenvalue weighted by Crippen LogP contribution is 2.24. The number of nitrogens with one attached hydrogen (secondary N) is 1. The highest BCUT2D eigenvalue weighted by atomic mass is 79.9. The third-order valence-electron chi connectivity index (χ3n) is 2.54. The van der Waals surface area contributed by atoms with E-state index in [2.05, 4.69) is 26.2 Å². The third-order valence-corrected chi connectivity index (χ3v) is 4.85. The van der Waals surface area contributed by atoms with Crippen LogP contribution < -0.4 is 5.32 Å². The molecule has 1 aromatic rings. The quantitative estimate of drug-likeness (QED) is 0.674. The lowest BCUT2D eigenvalue weighted by Gasteiger charge is -2.07. The van der Waals surface area contributed by atoms with Gasteiger partial charge in [0.25, 0.3) is 0 Å². The van der Waals surface area contributed by atoms with Crippen molar-refractivity contribution in [1.29, 1.82) is 0 Å². The Labute approximate surface area is 125 Å². The monoisotopic (exact) mass is 342 g/mol. The molecule has 102 valence electrons. The van der Waals surface area contributed by atoms with Gasteiger partial charge in [-0.1, -0.05) is 27.7 Å². The van der Waals surface area contributed by atoms with E-state index in [0.717, 1.165) is 22.7 Å². The average molecular weight is 343 g/mol. The summed E-state index contributed by atoms with van der Waals surface area (Å²) < 4.78 is 4.94. The first-order valence-corrected chi connectivity index (χ1v) is 8.04. The van der Waals surface area contributed by atoms with Gasteiger partial charge in [-0.25, -0.2) is 4.79 Å². The van der Waals surface area contributed by atoms with Gasteiger partial charge in [-0.3, -0.25) is 4.99 Å². The van der Waals surface area contributed by atoms with Crippen molar-refractivity contribution in [2.75, 3.05) is 23.8 Å². The molecule has 1 heterocycles. The molecule has 0 spiro atoms. The smallest absolute Gasteiger partial charge is 0.338 e. The molecule has 1 atom stereocenters. The van der Waals surface area contributed by atoms with E-state index in [1.54, 1.807) is 30.8 Å². The van der Waals surface area contributed by atoms with Crippen LogP contribution in [-0.2, 0) is 4.74 Å². The number of anilines is 1. The molecule has 0 aliphatic carbocycles. The Balaban J connectivity index is 1.94. The van der Waals surface area contributed by atoms with Gasteiger partial charge in [0.05, 0.1) is 18.7 Å². The molecule has 1 N–H and O–H groups in total. The van der Waals surface area contributed by atoms with Crippen LogP contribution in [0.5, 0.6) is 0 Å². The van der Waals surface area contributed by atoms with Crippen molar-refractivity contribution in [2.24, 2.45) is 4.99 Å². The molecule has 0 amide bonds. The van der Waals surface area contributed by atoms with Gasteiger partial charge in [-0.05, 0) is 31.2 Å². The maximum Gasteiger partial charge on any atom is 0.338 e. The molecule has 0 aromatic heterocycles. The number of hydrogen-bond donors (Lipinski definition) is 1. The van der Waals surface area contributed by atoms with E-state index in [1.165, 1.54) is 0 Å². The molecule has 1 aliphatic heterocycles. The van der Waals surface area contributed by atoms with Crippen LogP contribution in [-0.4, -0.2) is 34.9 Å². The number of rotatable bonds is 4. The standard InChI is InChI=1S/C13H15BrN2O2S/c1-2-18-12(17)9-3-5-10(6-4-9)16-13-15-8-11(7-14)19-13/h3-6,11H,2,7-8H2,1H3,(H,15,16). The predicted molar refractivity (Wildman–Crippen MR) is 83.5 cm³/mol. The maximum absolute atomic E-state index is 11.5. The van der Waals surface area contributed by atoms with E-state index in [0.29, 0.717) is 17.4 Å². The first-order chi connectivity index (χ1) is 9.22. The SMILES string of the molecule is CCOC(=O)c1ccc(NC2=NCC(CBr)S2)cc1. The normalized spacial score (nSPS) is 18.0. The average Bonchev–Trinajstić information content (AvgIpc) is 2.87. The fourth-order valence-corrected chi connectivity index (χ4v) is 3.05. The zero-order chi connectivity index (χ0) is 13.7. The Morgan fingerprint density at radius 2 is 2.26 bits per heavy atom. The molecule has 0 radical (unpaired) electrons. The first kappa shape index (κ1) is 14.4. The third kappa shape index (κ3) is 3.98. The number of carbonyl (C=O) groups excluding carboxylic acids is 1. The highest BCUT2D eigenvalue weighted by Gasteiger charge is 2.18. The summed E-state index contributed by atoms with van der Waals surface area (Å²) in [6.45, 7) is 3.02. The Hall–Kier alpha value is -1.01. The topological polar surface area (TPSA) is 50.7 Å². The van der Waals surface area contributed by atoms with Gasteiger partial charge in [0.1, 0.15) is 0 Å². The summed E-state index contributed by atoms with van der Waals surface area (Å²) in [4.78, 5) is 15.9. The second-order valence-corrected chi connectivity index (χ2v) is 5.90. The summed E-state index contributed by atoms with van der Waals surface area (Å²) >= 11 is 5.18. The van der Waals surface area contributed by atoms with E-state index in [-0.39, 0.29) is 5.97 Å². The molecule has 0 saturated heterocycles. The number of nitrogens with zero attached hydrogens (tertiary/aromatic N) is 1. The number of esters is 1. The van der Waals surface area contributed by atoms with Crippen molar-refractivity contribution in [3.63, 3.8) is 0 Å². The number of amidine groups is 1. The van der Waals surface area contributed by atoms with E-state index >= 15 is 0 Å². The Morgan fingerprint density at radius 3 is 2.84 bits per heavy atom. The minimum absolute atomic E-state index is 0.291. The fourth-order valence-electron chi connectivity index (χ4n) is 1.59. The van der Waals surface area contributed by atoms with Crippen LogP contribution in [0.1, 0.15) is 17.3 Å². The highest BCUT2D eigenvalue weighted by molar-refractivity contribution is 9.09. The molecule has 6 heteroatoms. The van der Waals surface area contributed by atoms with Crippen molar-refractivity contribution in [2.45, 2.75) is 12.2 Å². The van der Waals surface area contributed by atoms with Crippen LogP contribution in [0.3, 0.4) is 0 Å². The summed E-state index contributed by atoms with van der Waals surface area (Å²) in [5, 5.41) is 5.61. The zero-order valence-corrected chi connectivity index (χ0v) is 13.0. The summed E-state index contributed by atoms with van der Waals surface area (Å²) in [5.41, 5.74) is 1.49. The summed E-state index contributed by atoms with van der Waals surface area (Å²) in [6.07, 6.45) is 0. The van der Waals surface area contributed by atoms with Crippen molar-refractivity contribution in [1.82, 2.24) is 0 Å². The summed E-state index contributed by atoms with van der Waals surface area (Å²) in [5.74, 6) is -0.291. The van der Waals surface area contributed by atoms with E-state index < -0.39 is 0 Å². The largest absolute Gasteiger partial charge is 0.462 e. The van der Waals surface area contributed by atoms with Gasteiger partial charge in [0.2, 0.25) is 0 Å². The number of hydrogen-bond acceptors (Lipinski definition) is 5. The number of halogens is 1. The minimum Gasteiger partial charge on any atom is -0.462 e. The van der Waals surface area contributed by atoms with E-state index in [4.69, 9.17) is 4.74 Å². The van der Waals surface area contributed by atoms with Gasteiger partial charge < -0.3 is 10.1 Å². The van der Waals surface area contributed by atoms with Crippen molar-refractivity contribution >= 4 is 44.5 Å². The number of aliphatic imine (C=N–C) groups is 1. The van der Waals surface area contributed by atoms with Crippen LogP contribution >= 0.6 is 27.7 Å². The van der Waals surface area contributed by atoms with Crippen molar-refractivity contribution in [3.8, 4) is 0 Å². The number of alkyl halides is 1. The number of thioether (sulfide) groups is 1. The Kier molecular flexibility index (Phi) is 5.27. The molecule has 1 unspecified atom stereocenters. The molecular weight excluding hydrogens is 328 g/mol. The lowest BCUT2D eigenvalue weighted by Crippen LogP contribution is -2.09. The van der Waals surface area contributed by atoms with Crippen LogP contribution in [0.15, 0.2) is 29.3 Å². The molecular formula is C13H15BrN2O2S. The van der Waals surface area contributed by atoms with Crippen LogP contribution in [0, 0.1) is 0 Å². The molecule has 0 saturated carbocycles. The van der Waals surface area contributed by atoms with E-state index in [1.807, 2.05) is 12.1 Å².